The Morgan fingerprint density at radius 2 is 1.86 bits per heavy atom. The normalized spacial score (nSPS) is 12.8. The second kappa shape index (κ2) is 9.91. The minimum Gasteiger partial charge on any atom is -0.464 e. The molecule has 0 bridgehead atoms. The zero-order valence-electron chi connectivity index (χ0n) is 16.4. The molecule has 1 atom stereocenters. The number of pyridine rings is 1. The van der Waals surface area contributed by atoms with Gasteiger partial charge >= 0.3 is 18.2 Å². The first kappa shape index (κ1) is 24.7. The van der Waals surface area contributed by atoms with Crippen molar-refractivity contribution in [2.24, 2.45) is 0 Å². The second-order valence-electron chi connectivity index (χ2n) is 6.96. The Kier molecular flexibility index (Phi) is 8.43. The number of nitrogens with one attached hydrogen (secondary N) is 1. The first-order valence-corrected chi connectivity index (χ1v) is 9.04. The average molecular weight is 439 g/mol. The van der Waals surface area contributed by atoms with E-state index < -0.39 is 41.4 Å². The van der Waals surface area contributed by atoms with E-state index >= 15 is 0 Å². The van der Waals surface area contributed by atoms with E-state index in [4.69, 9.17) is 21.1 Å². The molecule has 0 aromatic carbocycles. The van der Waals surface area contributed by atoms with Gasteiger partial charge in [0.15, 0.2) is 5.78 Å². The van der Waals surface area contributed by atoms with E-state index in [2.05, 4.69) is 10.3 Å². The number of amides is 1. The zero-order valence-corrected chi connectivity index (χ0v) is 17.1. The fourth-order valence-corrected chi connectivity index (χ4v) is 2.37. The Morgan fingerprint density at radius 3 is 2.38 bits per heavy atom. The van der Waals surface area contributed by atoms with Crippen LogP contribution >= 0.6 is 11.6 Å². The van der Waals surface area contributed by atoms with Gasteiger partial charge in [-0.15, -0.1) is 0 Å². The Bertz CT molecular complexity index is 763. The molecule has 7 nitrogen and oxygen atoms in total. The van der Waals surface area contributed by atoms with Crippen LogP contribution in [0.25, 0.3) is 0 Å². The van der Waals surface area contributed by atoms with Gasteiger partial charge < -0.3 is 14.8 Å². The first-order chi connectivity index (χ1) is 13.2. The minimum absolute atomic E-state index is 0.0321. The van der Waals surface area contributed by atoms with E-state index in [-0.39, 0.29) is 30.0 Å². The number of Topliss-reactive ketones (excluding diaryl/α,β-unsaturated/α-hetero) is 1. The Hall–Kier alpha value is -2.36. The number of hydrogen-bond donors (Lipinski definition) is 1. The Labute approximate surface area is 170 Å². The molecule has 1 aromatic heterocycles. The van der Waals surface area contributed by atoms with E-state index in [0.29, 0.717) is 6.07 Å². The lowest BCUT2D eigenvalue weighted by molar-refractivity contribution is -0.145. The number of nitrogens with zero attached hydrogens (tertiary/aromatic N) is 1. The molecular weight excluding hydrogens is 417 g/mol. The van der Waals surface area contributed by atoms with Crippen LogP contribution in [0.5, 0.6) is 0 Å². The highest BCUT2D eigenvalue weighted by Crippen LogP contribution is 2.30. The molecular formula is C18H22ClF3N2O5. The summed E-state index contributed by atoms with van der Waals surface area (Å²) in [5.74, 6) is -1.55. The van der Waals surface area contributed by atoms with Gasteiger partial charge in [-0.05, 0) is 40.2 Å². The number of halogens is 4. The summed E-state index contributed by atoms with van der Waals surface area (Å²) in [6.45, 7) is 6.46. The molecule has 0 aliphatic carbocycles. The van der Waals surface area contributed by atoms with E-state index in [1.54, 1.807) is 27.7 Å². The summed E-state index contributed by atoms with van der Waals surface area (Å²) >= 11 is 5.79. The van der Waals surface area contributed by atoms with Gasteiger partial charge in [-0.25, -0.2) is 9.59 Å². The highest BCUT2D eigenvalue weighted by molar-refractivity contribution is 6.33. The molecule has 29 heavy (non-hydrogen) atoms. The van der Waals surface area contributed by atoms with E-state index in [1.807, 2.05) is 0 Å². The fraction of sp³-hybridized carbons (Fsp3) is 0.556. The largest absolute Gasteiger partial charge is 0.464 e. The molecule has 0 saturated heterocycles. The van der Waals surface area contributed by atoms with Gasteiger partial charge in [0.05, 0.1) is 11.6 Å². The van der Waals surface area contributed by atoms with E-state index in [9.17, 15) is 27.6 Å². The highest BCUT2D eigenvalue weighted by Gasteiger charge is 2.34. The van der Waals surface area contributed by atoms with Crippen molar-refractivity contribution in [2.45, 2.75) is 58.4 Å². The lowest BCUT2D eigenvalue weighted by Gasteiger charge is -2.22. The summed E-state index contributed by atoms with van der Waals surface area (Å²) in [6, 6.07) is -0.679. The molecule has 1 heterocycles. The van der Waals surface area contributed by atoms with Crippen molar-refractivity contribution in [1.29, 1.82) is 0 Å². The van der Waals surface area contributed by atoms with Gasteiger partial charge in [0, 0.05) is 18.2 Å². The summed E-state index contributed by atoms with van der Waals surface area (Å²) < 4.78 is 48.3. The number of esters is 1. The van der Waals surface area contributed by atoms with Gasteiger partial charge in [0.1, 0.15) is 17.3 Å². The Balaban J connectivity index is 2.92. The molecule has 0 aliphatic heterocycles. The smallest absolute Gasteiger partial charge is 0.433 e. The number of carbonyl (C=O) groups excluding carboxylic acids is 3. The van der Waals surface area contributed by atoms with Crippen LogP contribution in [0.2, 0.25) is 5.02 Å². The van der Waals surface area contributed by atoms with Crippen molar-refractivity contribution in [3.8, 4) is 0 Å². The topological polar surface area (TPSA) is 94.6 Å². The number of hydrogen-bond acceptors (Lipinski definition) is 6. The zero-order chi connectivity index (χ0) is 22.4. The summed E-state index contributed by atoms with van der Waals surface area (Å²) in [6.07, 6.45) is -5.51. The fourth-order valence-electron chi connectivity index (χ4n) is 2.16. The number of alkyl carbamates (subject to hydrolysis) is 1. The van der Waals surface area contributed by atoms with Crippen LogP contribution < -0.4 is 5.32 Å². The van der Waals surface area contributed by atoms with Crippen LogP contribution in [-0.4, -0.2) is 41.1 Å². The maximum Gasteiger partial charge on any atom is 0.433 e. The van der Waals surface area contributed by atoms with Crippen molar-refractivity contribution in [2.75, 3.05) is 6.61 Å². The lowest BCUT2D eigenvalue weighted by atomic mass is 10.0. The molecule has 0 saturated carbocycles. The van der Waals surface area contributed by atoms with Crippen molar-refractivity contribution in [1.82, 2.24) is 10.3 Å². The number of ketones is 1. The molecule has 11 heteroatoms. The van der Waals surface area contributed by atoms with Crippen molar-refractivity contribution in [3.05, 3.63) is 28.5 Å². The van der Waals surface area contributed by atoms with Gasteiger partial charge in [-0.1, -0.05) is 11.6 Å². The summed E-state index contributed by atoms with van der Waals surface area (Å²) in [4.78, 5) is 39.5. The maximum absolute atomic E-state index is 12.8. The molecule has 0 unspecified atom stereocenters. The third kappa shape index (κ3) is 8.26. The van der Waals surface area contributed by atoms with Gasteiger partial charge in [-0.3, -0.25) is 9.78 Å². The molecule has 0 aliphatic rings. The van der Waals surface area contributed by atoms with Gasteiger partial charge in [-0.2, -0.15) is 13.2 Å². The van der Waals surface area contributed by atoms with Crippen LogP contribution in [-0.2, 0) is 20.4 Å². The molecule has 1 aromatic rings. The lowest BCUT2D eigenvalue weighted by Crippen LogP contribution is -2.44. The second-order valence-corrected chi connectivity index (χ2v) is 7.37. The van der Waals surface area contributed by atoms with Gasteiger partial charge in [0.25, 0.3) is 0 Å². The quantitative estimate of drug-likeness (QED) is 0.507. The predicted molar refractivity (Wildman–Crippen MR) is 97.6 cm³/mol. The van der Waals surface area contributed by atoms with Gasteiger partial charge in [0.2, 0.25) is 0 Å². The SMILES string of the molecule is CCOC(=O)[C@H](CCC(=O)c1cc(C(F)(F)F)ncc1Cl)NC(=O)OC(C)(C)C. The number of rotatable bonds is 7. The molecule has 0 spiro atoms. The Morgan fingerprint density at radius 1 is 1.24 bits per heavy atom. The average Bonchev–Trinajstić information content (AvgIpc) is 2.56. The third-order valence-corrected chi connectivity index (χ3v) is 3.67. The van der Waals surface area contributed by atoms with Crippen molar-refractivity contribution >= 4 is 29.4 Å². The third-order valence-electron chi connectivity index (χ3n) is 3.37. The maximum atomic E-state index is 12.8. The van der Waals surface area contributed by atoms with E-state index in [0.717, 1.165) is 6.20 Å². The summed E-state index contributed by atoms with van der Waals surface area (Å²) in [5, 5.41) is 2.05. The molecule has 1 rings (SSSR count). The van der Waals surface area contributed by atoms with Crippen LogP contribution in [0.15, 0.2) is 12.3 Å². The number of alkyl halides is 3. The van der Waals surface area contributed by atoms with Crippen molar-refractivity contribution < 1.29 is 37.0 Å². The molecule has 1 amide bonds. The molecule has 162 valence electrons. The number of aromatic nitrogens is 1. The number of ether oxygens (including phenoxy) is 2. The molecule has 0 radical (unpaired) electrons. The van der Waals surface area contributed by atoms with Crippen molar-refractivity contribution in [3.63, 3.8) is 0 Å². The van der Waals surface area contributed by atoms with Crippen LogP contribution in [0.3, 0.4) is 0 Å². The van der Waals surface area contributed by atoms with Crippen LogP contribution in [0, 0.1) is 0 Å². The van der Waals surface area contributed by atoms with Crippen LogP contribution in [0.1, 0.15) is 56.6 Å². The summed E-state index contributed by atoms with van der Waals surface area (Å²) in [7, 11) is 0. The predicted octanol–water partition coefficient (Wildman–Crippen LogP) is 4.17. The number of carbonyl (C=O) groups is 3. The minimum atomic E-state index is -4.74. The van der Waals surface area contributed by atoms with E-state index in [1.165, 1.54) is 0 Å². The first-order valence-electron chi connectivity index (χ1n) is 8.66. The molecule has 0 fully saturated rings. The molecule has 1 N–H and O–H groups in total. The highest BCUT2D eigenvalue weighted by atomic mass is 35.5. The summed E-state index contributed by atoms with van der Waals surface area (Å²) in [5.41, 5.74) is -2.47. The van der Waals surface area contributed by atoms with Crippen LogP contribution in [0.4, 0.5) is 18.0 Å². The standard InChI is InChI=1S/C18H22ClF3N2O5/c1-5-28-15(26)12(24-16(27)29-17(2,3)4)6-7-13(25)10-8-14(18(20,21)22)23-9-11(10)19/h8-9,12H,5-7H2,1-4H3,(H,24,27)/t12-/m0/s1. The monoisotopic (exact) mass is 438 g/mol.